The summed E-state index contributed by atoms with van der Waals surface area (Å²) < 4.78 is 26.8. The molecule has 0 N–H and O–H groups in total. The third kappa shape index (κ3) is 4.10. The van der Waals surface area contributed by atoms with Gasteiger partial charge < -0.3 is 4.57 Å². The molecule has 0 bridgehead atoms. The average Bonchev–Trinajstić information content (AvgIpc) is 2.87. The normalized spacial score (nSPS) is 12.0. The number of hydrogen-bond donors (Lipinski definition) is 0. The Morgan fingerprint density at radius 3 is 2.45 bits per heavy atom. The molecule has 1 aromatic heterocycles. The number of rotatable bonds is 7. The second-order valence-electron chi connectivity index (χ2n) is 5.42. The number of hydrogen-bond acceptors (Lipinski definition) is 5. The molecule has 0 amide bonds. The number of benzene rings is 1. The van der Waals surface area contributed by atoms with E-state index in [9.17, 15) is 8.42 Å². The van der Waals surface area contributed by atoms with Crippen LogP contribution in [0.2, 0.25) is 0 Å². The number of sulfone groups is 1. The minimum absolute atomic E-state index is 0.125. The van der Waals surface area contributed by atoms with Crippen molar-refractivity contribution in [1.29, 1.82) is 0 Å². The van der Waals surface area contributed by atoms with Gasteiger partial charge in [-0.3, -0.25) is 0 Å². The van der Waals surface area contributed by atoms with Crippen molar-refractivity contribution in [2.24, 2.45) is 5.92 Å². The number of thioether (sulfide) groups is 1. The van der Waals surface area contributed by atoms with E-state index in [-0.39, 0.29) is 5.75 Å². The lowest BCUT2D eigenvalue weighted by Crippen LogP contribution is -2.11. The van der Waals surface area contributed by atoms with Crippen LogP contribution in [0.1, 0.15) is 26.6 Å². The number of aromatic nitrogens is 3. The lowest BCUT2D eigenvalue weighted by atomic mass is 10.3. The summed E-state index contributed by atoms with van der Waals surface area (Å²) in [5.41, 5.74) is 0. The van der Waals surface area contributed by atoms with E-state index in [1.54, 1.807) is 42.1 Å². The molecule has 1 aromatic carbocycles. The summed E-state index contributed by atoms with van der Waals surface area (Å²) in [5, 5.41) is 9.02. The second-order valence-corrected chi connectivity index (χ2v) is 8.40. The van der Waals surface area contributed by atoms with Crippen molar-refractivity contribution in [1.82, 2.24) is 14.8 Å². The maximum absolute atomic E-state index is 12.5. The molecule has 0 aliphatic heterocycles. The highest BCUT2D eigenvalue weighted by Crippen LogP contribution is 2.22. The number of nitrogens with zero attached hydrogens (tertiary/aromatic N) is 3. The van der Waals surface area contributed by atoms with Crippen molar-refractivity contribution in [3.63, 3.8) is 0 Å². The Morgan fingerprint density at radius 2 is 1.86 bits per heavy atom. The van der Waals surface area contributed by atoms with Gasteiger partial charge in [0.05, 0.1) is 4.90 Å². The van der Waals surface area contributed by atoms with Gasteiger partial charge in [-0.05, 0) is 25.0 Å². The minimum Gasteiger partial charge on any atom is -0.305 e. The molecular weight excluding hydrogens is 318 g/mol. The van der Waals surface area contributed by atoms with Crippen molar-refractivity contribution >= 4 is 21.6 Å². The van der Waals surface area contributed by atoms with Crippen LogP contribution in [0.15, 0.2) is 40.4 Å². The van der Waals surface area contributed by atoms with Crippen molar-refractivity contribution in [3.8, 4) is 0 Å². The minimum atomic E-state index is -3.40. The molecule has 1 heterocycles. The van der Waals surface area contributed by atoms with Crippen LogP contribution in [0.3, 0.4) is 0 Å². The predicted octanol–water partition coefficient (Wildman–Crippen LogP) is 3.02. The quantitative estimate of drug-likeness (QED) is 0.726. The third-order valence-corrected chi connectivity index (χ3v) is 6.10. The van der Waals surface area contributed by atoms with Crippen molar-refractivity contribution < 1.29 is 8.42 Å². The molecule has 0 spiro atoms. The first-order valence-electron chi connectivity index (χ1n) is 7.26. The first-order valence-corrected chi connectivity index (χ1v) is 9.90. The van der Waals surface area contributed by atoms with E-state index in [4.69, 9.17) is 0 Å². The molecule has 5 nitrogen and oxygen atoms in total. The van der Waals surface area contributed by atoms with Crippen LogP contribution in [-0.2, 0) is 22.1 Å². The van der Waals surface area contributed by atoms with E-state index >= 15 is 0 Å². The predicted molar refractivity (Wildman–Crippen MR) is 88.6 cm³/mol. The van der Waals surface area contributed by atoms with Gasteiger partial charge in [0.2, 0.25) is 0 Å². The Kier molecular flexibility index (Phi) is 5.63. The fourth-order valence-corrected chi connectivity index (χ4v) is 4.24. The van der Waals surface area contributed by atoms with E-state index in [0.717, 1.165) is 10.9 Å². The molecule has 0 unspecified atom stereocenters. The van der Waals surface area contributed by atoms with Gasteiger partial charge in [-0.15, -0.1) is 10.2 Å². The van der Waals surface area contributed by atoms with Crippen molar-refractivity contribution in [2.75, 3.05) is 5.75 Å². The summed E-state index contributed by atoms with van der Waals surface area (Å²) in [6.45, 7) is 6.91. The molecule has 0 radical (unpaired) electrons. The van der Waals surface area contributed by atoms with Gasteiger partial charge in [-0.2, -0.15) is 0 Å². The van der Waals surface area contributed by atoms with Gasteiger partial charge in [-0.1, -0.05) is 43.8 Å². The zero-order valence-electron chi connectivity index (χ0n) is 13.1. The highest BCUT2D eigenvalue weighted by Gasteiger charge is 2.20. The Bertz CT molecular complexity index is 710. The molecule has 0 saturated carbocycles. The molecule has 0 atom stereocenters. The molecule has 0 aliphatic rings. The lowest BCUT2D eigenvalue weighted by Gasteiger charge is -2.09. The standard InChI is InChI=1S/C15H21N3O2S2/c1-4-18-14(16-17-15(18)21-10-12(2)3)11-22(19,20)13-8-6-5-7-9-13/h5-9,12H,4,10-11H2,1-3H3. The Hall–Kier alpha value is -1.34. The summed E-state index contributed by atoms with van der Waals surface area (Å²) in [7, 11) is -3.40. The van der Waals surface area contributed by atoms with Crippen LogP contribution in [0.4, 0.5) is 0 Å². The first kappa shape index (κ1) is 17.0. The van der Waals surface area contributed by atoms with Crippen molar-refractivity contribution in [3.05, 3.63) is 36.2 Å². The smallest absolute Gasteiger partial charge is 0.191 e. The monoisotopic (exact) mass is 339 g/mol. The van der Waals surface area contributed by atoms with Gasteiger partial charge in [0.1, 0.15) is 11.6 Å². The molecule has 120 valence electrons. The second kappa shape index (κ2) is 7.28. The SMILES string of the molecule is CCn1c(CS(=O)(=O)c2ccccc2)nnc1SCC(C)C. The van der Waals surface area contributed by atoms with Gasteiger partial charge in [0.25, 0.3) is 0 Å². The summed E-state index contributed by atoms with van der Waals surface area (Å²) >= 11 is 1.62. The van der Waals surface area contributed by atoms with Crippen LogP contribution in [0, 0.1) is 5.92 Å². The largest absolute Gasteiger partial charge is 0.305 e. The summed E-state index contributed by atoms with van der Waals surface area (Å²) in [6, 6.07) is 8.46. The Morgan fingerprint density at radius 1 is 1.18 bits per heavy atom. The fraction of sp³-hybridized carbons (Fsp3) is 0.467. The summed E-state index contributed by atoms with van der Waals surface area (Å²) in [5.74, 6) is 1.85. The molecule has 2 rings (SSSR count). The highest BCUT2D eigenvalue weighted by molar-refractivity contribution is 7.99. The molecule has 22 heavy (non-hydrogen) atoms. The van der Waals surface area contributed by atoms with Crippen LogP contribution in [0.5, 0.6) is 0 Å². The molecule has 0 fully saturated rings. The van der Waals surface area contributed by atoms with E-state index in [1.165, 1.54) is 0 Å². The maximum atomic E-state index is 12.5. The topological polar surface area (TPSA) is 64.8 Å². The zero-order valence-corrected chi connectivity index (χ0v) is 14.7. The van der Waals surface area contributed by atoms with Gasteiger partial charge in [0.15, 0.2) is 15.0 Å². The van der Waals surface area contributed by atoms with E-state index < -0.39 is 9.84 Å². The summed E-state index contributed by atoms with van der Waals surface area (Å²) in [4.78, 5) is 0.317. The fourth-order valence-electron chi connectivity index (χ4n) is 1.97. The van der Waals surface area contributed by atoms with E-state index in [0.29, 0.717) is 23.2 Å². The molecule has 0 saturated heterocycles. The summed E-state index contributed by atoms with van der Waals surface area (Å²) in [6.07, 6.45) is 0. The van der Waals surface area contributed by atoms with Gasteiger partial charge in [-0.25, -0.2) is 8.42 Å². The van der Waals surface area contributed by atoms with E-state index in [1.807, 2.05) is 11.5 Å². The third-order valence-electron chi connectivity index (χ3n) is 3.08. The van der Waals surface area contributed by atoms with Crippen LogP contribution in [0.25, 0.3) is 0 Å². The molecular formula is C15H21N3O2S2. The van der Waals surface area contributed by atoms with E-state index in [2.05, 4.69) is 24.0 Å². The highest BCUT2D eigenvalue weighted by atomic mass is 32.2. The zero-order chi connectivity index (χ0) is 16.2. The van der Waals surface area contributed by atoms with Crippen molar-refractivity contribution in [2.45, 2.75) is 43.1 Å². The average molecular weight is 339 g/mol. The Labute approximate surface area is 136 Å². The molecule has 7 heteroatoms. The van der Waals surface area contributed by atoms with Crippen LogP contribution in [-0.4, -0.2) is 28.9 Å². The molecule has 2 aromatic rings. The Balaban J connectivity index is 2.23. The lowest BCUT2D eigenvalue weighted by molar-refractivity contribution is 0.588. The van der Waals surface area contributed by atoms with Crippen LogP contribution >= 0.6 is 11.8 Å². The maximum Gasteiger partial charge on any atom is 0.191 e. The first-order chi connectivity index (χ1) is 10.4. The molecule has 0 aliphatic carbocycles. The van der Waals surface area contributed by atoms with Gasteiger partial charge >= 0.3 is 0 Å². The van der Waals surface area contributed by atoms with Crippen LogP contribution < -0.4 is 0 Å². The van der Waals surface area contributed by atoms with Gasteiger partial charge in [0, 0.05) is 12.3 Å².